The van der Waals surface area contributed by atoms with E-state index in [-0.39, 0.29) is 16.8 Å². The Morgan fingerprint density at radius 1 is 0.884 bits per heavy atom. The number of nitrogens with one attached hydrogen (secondary N) is 1. The van der Waals surface area contributed by atoms with E-state index in [0.717, 1.165) is 47.9 Å². The second kappa shape index (κ2) is 14.7. The highest BCUT2D eigenvalue weighted by Crippen LogP contribution is 2.29. The van der Waals surface area contributed by atoms with Gasteiger partial charge in [-0.1, -0.05) is 86.3 Å². The van der Waals surface area contributed by atoms with Crippen LogP contribution < -0.4 is 9.62 Å². The van der Waals surface area contributed by atoms with Crippen molar-refractivity contribution >= 4 is 27.5 Å². The zero-order chi connectivity index (χ0) is 31.0. The lowest BCUT2D eigenvalue weighted by Crippen LogP contribution is -2.54. The summed E-state index contributed by atoms with van der Waals surface area (Å²) >= 11 is 0. The summed E-state index contributed by atoms with van der Waals surface area (Å²) in [6, 6.07) is 21.5. The van der Waals surface area contributed by atoms with Gasteiger partial charge in [0.2, 0.25) is 11.8 Å². The minimum absolute atomic E-state index is 0.106. The Hall–Kier alpha value is -3.65. The minimum Gasteiger partial charge on any atom is -0.352 e. The summed E-state index contributed by atoms with van der Waals surface area (Å²) in [7, 11) is -4.10. The molecule has 1 saturated carbocycles. The summed E-state index contributed by atoms with van der Waals surface area (Å²) in [5, 5.41) is 3.20. The van der Waals surface area contributed by atoms with E-state index >= 15 is 0 Å². The number of aryl methyl sites for hydroxylation is 3. The molecule has 0 spiro atoms. The summed E-state index contributed by atoms with van der Waals surface area (Å²) in [5.74, 6) is -0.575. The van der Waals surface area contributed by atoms with Crippen molar-refractivity contribution in [3.8, 4) is 0 Å². The summed E-state index contributed by atoms with van der Waals surface area (Å²) in [6.07, 6.45) is 6.20. The zero-order valence-corrected chi connectivity index (χ0v) is 26.7. The van der Waals surface area contributed by atoms with Crippen LogP contribution in [0.5, 0.6) is 0 Å². The van der Waals surface area contributed by atoms with Gasteiger partial charge < -0.3 is 10.2 Å². The van der Waals surface area contributed by atoms with E-state index in [2.05, 4.69) is 5.32 Å². The monoisotopic (exact) mass is 603 g/mol. The number of carbonyl (C=O) groups excluding carboxylic acids is 2. The Morgan fingerprint density at radius 2 is 1.53 bits per heavy atom. The zero-order valence-electron chi connectivity index (χ0n) is 25.9. The second-order valence-electron chi connectivity index (χ2n) is 11.7. The number of carbonyl (C=O) groups is 2. The molecule has 4 rings (SSSR count). The first kappa shape index (κ1) is 32.3. The summed E-state index contributed by atoms with van der Waals surface area (Å²) in [6.45, 7) is 7.43. The lowest BCUT2D eigenvalue weighted by Gasteiger charge is -2.34. The number of hydrogen-bond acceptors (Lipinski definition) is 4. The molecule has 2 amide bonds. The third-order valence-corrected chi connectivity index (χ3v) is 10.1. The van der Waals surface area contributed by atoms with E-state index in [4.69, 9.17) is 0 Å². The molecule has 1 aliphatic rings. The number of amides is 2. The average molecular weight is 604 g/mol. The van der Waals surface area contributed by atoms with Gasteiger partial charge in [-0.15, -0.1) is 0 Å². The van der Waals surface area contributed by atoms with Crippen LogP contribution in [0.2, 0.25) is 0 Å². The molecule has 0 bridgehead atoms. The molecule has 0 heterocycles. The molecule has 0 aromatic heterocycles. The lowest BCUT2D eigenvalue weighted by molar-refractivity contribution is -0.140. The fourth-order valence-corrected chi connectivity index (χ4v) is 7.25. The van der Waals surface area contributed by atoms with Gasteiger partial charge in [-0.25, -0.2) is 8.42 Å². The first-order valence-corrected chi connectivity index (χ1v) is 16.8. The molecule has 3 aromatic carbocycles. The van der Waals surface area contributed by atoms with Crippen molar-refractivity contribution in [2.75, 3.05) is 17.4 Å². The first-order valence-electron chi connectivity index (χ1n) is 15.4. The molecule has 0 aliphatic heterocycles. The van der Waals surface area contributed by atoms with Gasteiger partial charge >= 0.3 is 0 Å². The maximum Gasteiger partial charge on any atom is 0.264 e. The Bertz CT molecular complexity index is 1480. The Labute approximate surface area is 257 Å². The highest BCUT2D eigenvalue weighted by Gasteiger charge is 2.34. The molecule has 1 N–H and O–H groups in total. The summed E-state index contributed by atoms with van der Waals surface area (Å²) < 4.78 is 29.5. The number of benzene rings is 3. The van der Waals surface area contributed by atoms with Crippen LogP contribution in [-0.2, 0) is 26.0 Å². The van der Waals surface area contributed by atoms with Gasteiger partial charge in [0.25, 0.3) is 10.0 Å². The maximum atomic E-state index is 14.3. The molecule has 43 heavy (non-hydrogen) atoms. The maximum absolute atomic E-state index is 14.3. The Kier molecular flexibility index (Phi) is 11.0. The van der Waals surface area contributed by atoms with Crippen LogP contribution in [-0.4, -0.2) is 50.3 Å². The van der Waals surface area contributed by atoms with E-state index in [0.29, 0.717) is 25.1 Å². The van der Waals surface area contributed by atoms with Crippen LogP contribution in [0.1, 0.15) is 67.7 Å². The van der Waals surface area contributed by atoms with E-state index in [1.54, 1.807) is 35.2 Å². The quantitative estimate of drug-likeness (QED) is 0.271. The van der Waals surface area contributed by atoms with Crippen molar-refractivity contribution in [1.82, 2.24) is 10.2 Å². The van der Waals surface area contributed by atoms with Gasteiger partial charge in [0.1, 0.15) is 12.6 Å². The van der Waals surface area contributed by atoms with Gasteiger partial charge in [-0.3, -0.25) is 13.9 Å². The largest absolute Gasteiger partial charge is 0.352 e. The van der Waals surface area contributed by atoms with Crippen LogP contribution in [0.4, 0.5) is 5.69 Å². The summed E-state index contributed by atoms with van der Waals surface area (Å²) in [5.41, 5.74) is 4.07. The molecule has 0 radical (unpaired) electrons. The van der Waals surface area contributed by atoms with Gasteiger partial charge in [0.15, 0.2) is 0 Å². The lowest BCUT2D eigenvalue weighted by atomic mass is 9.95. The number of hydrogen-bond donors (Lipinski definition) is 1. The van der Waals surface area contributed by atoms with Crippen LogP contribution in [0.3, 0.4) is 0 Å². The van der Waals surface area contributed by atoms with E-state index < -0.39 is 28.5 Å². The van der Waals surface area contributed by atoms with E-state index in [9.17, 15) is 18.0 Å². The van der Waals surface area contributed by atoms with Gasteiger partial charge in [0.05, 0.1) is 10.6 Å². The van der Waals surface area contributed by atoms with Crippen molar-refractivity contribution in [2.24, 2.45) is 0 Å². The minimum atomic E-state index is -4.10. The third-order valence-electron chi connectivity index (χ3n) is 8.34. The topological polar surface area (TPSA) is 86.8 Å². The highest BCUT2D eigenvalue weighted by atomic mass is 32.2. The fraction of sp³-hybridized carbons (Fsp3) is 0.429. The number of nitrogens with zero attached hydrogens (tertiary/aromatic N) is 2. The molecule has 1 aliphatic carbocycles. The molecule has 0 unspecified atom stereocenters. The molecule has 1 fully saturated rings. The molecule has 0 saturated heterocycles. The SMILES string of the molecule is CC[C@H](C(=O)NC1CCCCC1)N(CCc1ccccc1)C(=O)CN(c1cc(C)ccc1C)S(=O)(=O)c1ccc(C)cc1. The Balaban J connectivity index is 1.70. The molecule has 7 nitrogen and oxygen atoms in total. The van der Waals surface area contributed by atoms with Crippen molar-refractivity contribution in [3.63, 3.8) is 0 Å². The summed E-state index contributed by atoms with van der Waals surface area (Å²) in [4.78, 5) is 29.7. The van der Waals surface area contributed by atoms with Crippen molar-refractivity contribution in [3.05, 3.63) is 95.1 Å². The molecule has 8 heteroatoms. The predicted octanol–water partition coefficient (Wildman–Crippen LogP) is 6.11. The molecule has 230 valence electrons. The standard InChI is InChI=1S/C35H45N3O4S/c1-5-32(35(40)36-30-14-10-7-11-15-30)37(23-22-29-12-8-6-9-13-29)34(39)25-38(33-24-27(3)16-19-28(33)4)43(41,42)31-20-17-26(2)18-21-31/h6,8-9,12-13,16-21,24,30,32H,5,7,10-11,14-15,22-23,25H2,1-4H3,(H,36,40)/t32-/m1/s1. The third kappa shape index (κ3) is 8.25. The predicted molar refractivity (Wildman–Crippen MR) is 173 cm³/mol. The first-order chi connectivity index (χ1) is 20.6. The van der Waals surface area contributed by atoms with Gasteiger partial charge in [0, 0.05) is 12.6 Å². The number of rotatable bonds is 12. The number of anilines is 1. The van der Waals surface area contributed by atoms with Crippen LogP contribution in [0, 0.1) is 20.8 Å². The molecular formula is C35H45N3O4S. The number of sulfonamides is 1. The van der Waals surface area contributed by atoms with Crippen molar-refractivity contribution in [1.29, 1.82) is 0 Å². The van der Waals surface area contributed by atoms with Crippen LogP contribution >= 0.6 is 0 Å². The van der Waals surface area contributed by atoms with E-state index in [1.165, 1.54) is 10.7 Å². The smallest absolute Gasteiger partial charge is 0.264 e. The second-order valence-corrected chi connectivity index (χ2v) is 13.6. The normalized spacial score (nSPS) is 14.6. The Morgan fingerprint density at radius 3 is 2.19 bits per heavy atom. The average Bonchev–Trinajstić information content (AvgIpc) is 3.00. The van der Waals surface area contributed by atoms with Crippen LogP contribution in [0.25, 0.3) is 0 Å². The van der Waals surface area contributed by atoms with E-state index in [1.807, 2.05) is 70.2 Å². The fourth-order valence-electron chi connectivity index (χ4n) is 5.78. The van der Waals surface area contributed by atoms with Gasteiger partial charge in [-0.05, 0) is 81.3 Å². The molecule has 3 aromatic rings. The molecule has 1 atom stereocenters. The van der Waals surface area contributed by atoms with Crippen molar-refractivity contribution in [2.45, 2.75) is 89.6 Å². The van der Waals surface area contributed by atoms with Crippen LogP contribution in [0.15, 0.2) is 77.7 Å². The van der Waals surface area contributed by atoms with Gasteiger partial charge in [-0.2, -0.15) is 0 Å². The molecular weight excluding hydrogens is 558 g/mol. The van der Waals surface area contributed by atoms with Crippen molar-refractivity contribution < 1.29 is 18.0 Å². The highest BCUT2D eigenvalue weighted by molar-refractivity contribution is 7.92.